The molecule has 0 saturated heterocycles. The highest BCUT2D eigenvalue weighted by atomic mass is 16.5. The fraction of sp³-hybridized carbons (Fsp3) is 0.273. The highest BCUT2D eigenvalue weighted by molar-refractivity contribution is 5.86. The summed E-state index contributed by atoms with van der Waals surface area (Å²) >= 11 is 0. The average molecular weight is 219 g/mol. The van der Waals surface area contributed by atoms with E-state index in [1.165, 1.54) is 0 Å². The van der Waals surface area contributed by atoms with Crippen molar-refractivity contribution in [2.75, 3.05) is 11.9 Å². The van der Waals surface area contributed by atoms with Gasteiger partial charge < -0.3 is 9.72 Å². The number of ether oxygens (including phenoxy) is 1. The molecule has 84 valence electrons. The minimum atomic E-state index is -0.502. The van der Waals surface area contributed by atoms with Gasteiger partial charge in [-0.25, -0.2) is 9.78 Å². The summed E-state index contributed by atoms with van der Waals surface area (Å²) in [5, 5.41) is 2.52. The van der Waals surface area contributed by atoms with Crippen LogP contribution in [0.1, 0.15) is 12.5 Å². The number of aromatic nitrogens is 2. The van der Waals surface area contributed by atoms with E-state index in [4.69, 9.17) is 4.74 Å². The maximum Gasteiger partial charge on any atom is 0.413 e. The van der Waals surface area contributed by atoms with Crippen LogP contribution in [0.5, 0.6) is 0 Å². The van der Waals surface area contributed by atoms with Gasteiger partial charge in [0.2, 0.25) is 5.95 Å². The molecule has 16 heavy (non-hydrogen) atoms. The number of aromatic amines is 1. The number of aryl methyl sites for hydroxylation is 1. The van der Waals surface area contributed by atoms with Gasteiger partial charge in [-0.05, 0) is 31.5 Å². The Bertz CT molecular complexity index is 519. The molecule has 1 amide bonds. The van der Waals surface area contributed by atoms with Crippen LogP contribution >= 0.6 is 0 Å². The van der Waals surface area contributed by atoms with E-state index in [0.717, 1.165) is 16.6 Å². The average Bonchev–Trinajstić information content (AvgIpc) is 2.59. The monoisotopic (exact) mass is 219 g/mol. The second kappa shape index (κ2) is 4.22. The lowest BCUT2D eigenvalue weighted by molar-refractivity contribution is 0.167. The predicted molar refractivity (Wildman–Crippen MR) is 61.5 cm³/mol. The van der Waals surface area contributed by atoms with E-state index in [1.54, 1.807) is 6.92 Å². The largest absolute Gasteiger partial charge is 0.450 e. The minimum absolute atomic E-state index is 0.338. The normalized spacial score (nSPS) is 10.4. The van der Waals surface area contributed by atoms with Crippen molar-refractivity contribution in [3.05, 3.63) is 23.8 Å². The molecule has 0 unspecified atom stereocenters. The maximum absolute atomic E-state index is 11.2. The molecule has 0 saturated carbocycles. The highest BCUT2D eigenvalue weighted by Gasteiger charge is 2.06. The fourth-order valence-electron chi connectivity index (χ4n) is 1.45. The van der Waals surface area contributed by atoms with Crippen LogP contribution in [0.2, 0.25) is 0 Å². The number of imidazole rings is 1. The van der Waals surface area contributed by atoms with E-state index in [0.29, 0.717) is 12.6 Å². The summed E-state index contributed by atoms with van der Waals surface area (Å²) in [5.41, 5.74) is 2.85. The molecule has 1 aromatic carbocycles. The number of hydrogen-bond donors (Lipinski definition) is 2. The lowest BCUT2D eigenvalue weighted by Crippen LogP contribution is -2.14. The molecule has 0 atom stereocenters. The number of carbonyl (C=O) groups excluding carboxylic acids is 1. The van der Waals surface area contributed by atoms with Crippen LogP contribution < -0.4 is 5.32 Å². The zero-order valence-corrected chi connectivity index (χ0v) is 9.20. The number of hydrogen-bond acceptors (Lipinski definition) is 3. The van der Waals surface area contributed by atoms with E-state index < -0.39 is 6.09 Å². The Balaban J connectivity index is 2.23. The van der Waals surface area contributed by atoms with Crippen LogP contribution in [0.3, 0.4) is 0 Å². The Morgan fingerprint density at radius 3 is 3.12 bits per heavy atom. The van der Waals surface area contributed by atoms with Crippen molar-refractivity contribution in [1.29, 1.82) is 0 Å². The molecule has 2 aromatic rings. The standard InChI is InChI=1S/C11H13N3O2/c1-3-16-11(15)14-10-12-8-5-4-7(2)6-9(8)13-10/h4-6H,3H2,1-2H3,(H2,12,13,14,15). The van der Waals surface area contributed by atoms with Crippen LogP contribution in [0.25, 0.3) is 11.0 Å². The molecule has 0 aliphatic carbocycles. The minimum Gasteiger partial charge on any atom is -0.450 e. The van der Waals surface area contributed by atoms with Crippen LogP contribution in [0, 0.1) is 6.92 Å². The third-order valence-corrected chi connectivity index (χ3v) is 2.13. The molecule has 2 rings (SSSR count). The number of nitrogens with zero attached hydrogens (tertiary/aromatic N) is 1. The zero-order valence-electron chi connectivity index (χ0n) is 9.20. The van der Waals surface area contributed by atoms with Crippen LogP contribution in [0.15, 0.2) is 18.2 Å². The lowest BCUT2D eigenvalue weighted by atomic mass is 10.2. The number of fused-ring (bicyclic) bond motifs is 1. The van der Waals surface area contributed by atoms with Gasteiger partial charge in [0.15, 0.2) is 0 Å². The number of nitrogens with one attached hydrogen (secondary N) is 2. The van der Waals surface area contributed by atoms with Crippen molar-refractivity contribution in [2.24, 2.45) is 0 Å². The summed E-state index contributed by atoms with van der Waals surface area (Å²) in [5.74, 6) is 0.402. The summed E-state index contributed by atoms with van der Waals surface area (Å²) in [6.07, 6.45) is -0.502. The number of carbonyl (C=O) groups is 1. The molecule has 2 N–H and O–H groups in total. The Morgan fingerprint density at radius 1 is 1.56 bits per heavy atom. The third-order valence-electron chi connectivity index (χ3n) is 2.13. The number of benzene rings is 1. The van der Waals surface area contributed by atoms with Gasteiger partial charge in [0.1, 0.15) is 0 Å². The van der Waals surface area contributed by atoms with Gasteiger partial charge in [-0.1, -0.05) is 6.07 Å². The summed E-state index contributed by atoms with van der Waals surface area (Å²) in [7, 11) is 0. The molecule has 0 spiro atoms. The molecule has 5 heteroatoms. The molecule has 0 radical (unpaired) electrons. The first-order chi connectivity index (χ1) is 7.69. The molecule has 0 aliphatic heterocycles. The van der Waals surface area contributed by atoms with Gasteiger partial charge in [0.25, 0.3) is 0 Å². The summed E-state index contributed by atoms with van der Waals surface area (Å²) in [4.78, 5) is 18.4. The van der Waals surface area contributed by atoms with Crippen molar-refractivity contribution in [2.45, 2.75) is 13.8 Å². The first kappa shape index (κ1) is 10.5. The molecule has 5 nitrogen and oxygen atoms in total. The third kappa shape index (κ3) is 2.13. The number of H-pyrrole nitrogens is 1. The number of anilines is 1. The van der Waals surface area contributed by atoms with Crippen molar-refractivity contribution in [3.63, 3.8) is 0 Å². The topological polar surface area (TPSA) is 67.0 Å². The first-order valence-electron chi connectivity index (χ1n) is 5.09. The van der Waals surface area contributed by atoms with E-state index in [-0.39, 0.29) is 0 Å². The van der Waals surface area contributed by atoms with E-state index in [1.807, 2.05) is 25.1 Å². The number of amides is 1. The fourth-order valence-corrected chi connectivity index (χ4v) is 1.45. The van der Waals surface area contributed by atoms with Gasteiger partial charge in [-0.2, -0.15) is 0 Å². The van der Waals surface area contributed by atoms with Crippen molar-refractivity contribution in [1.82, 2.24) is 9.97 Å². The highest BCUT2D eigenvalue weighted by Crippen LogP contribution is 2.15. The van der Waals surface area contributed by atoms with E-state index in [2.05, 4.69) is 15.3 Å². The van der Waals surface area contributed by atoms with Crippen LogP contribution in [0.4, 0.5) is 10.7 Å². The lowest BCUT2D eigenvalue weighted by Gasteiger charge is -2.00. The number of rotatable bonds is 2. The van der Waals surface area contributed by atoms with Gasteiger partial charge in [-0.3, -0.25) is 5.32 Å². The van der Waals surface area contributed by atoms with Crippen LogP contribution in [-0.4, -0.2) is 22.7 Å². The Kier molecular flexibility index (Phi) is 2.76. The quantitative estimate of drug-likeness (QED) is 0.815. The molecule has 0 bridgehead atoms. The predicted octanol–water partition coefficient (Wildman–Crippen LogP) is 2.44. The Morgan fingerprint density at radius 2 is 2.38 bits per heavy atom. The second-order valence-corrected chi connectivity index (χ2v) is 3.45. The summed E-state index contributed by atoms with van der Waals surface area (Å²) < 4.78 is 4.76. The van der Waals surface area contributed by atoms with Gasteiger partial charge in [0.05, 0.1) is 17.6 Å². The molecular weight excluding hydrogens is 206 g/mol. The smallest absolute Gasteiger partial charge is 0.413 e. The summed E-state index contributed by atoms with van der Waals surface area (Å²) in [6.45, 7) is 4.09. The van der Waals surface area contributed by atoms with Gasteiger partial charge in [-0.15, -0.1) is 0 Å². The Labute approximate surface area is 92.8 Å². The molecule has 1 aromatic heterocycles. The molecule has 1 heterocycles. The van der Waals surface area contributed by atoms with Crippen molar-refractivity contribution in [3.8, 4) is 0 Å². The zero-order chi connectivity index (χ0) is 11.5. The Hall–Kier alpha value is -2.04. The van der Waals surface area contributed by atoms with Crippen LogP contribution in [-0.2, 0) is 4.74 Å². The summed E-state index contributed by atoms with van der Waals surface area (Å²) in [6, 6.07) is 5.84. The molecular formula is C11H13N3O2. The molecule has 0 fully saturated rings. The first-order valence-corrected chi connectivity index (χ1v) is 5.09. The van der Waals surface area contributed by atoms with Crippen molar-refractivity contribution >= 4 is 23.1 Å². The van der Waals surface area contributed by atoms with Gasteiger partial charge in [0, 0.05) is 0 Å². The van der Waals surface area contributed by atoms with Crippen molar-refractivity contribution < 1.29 is 9.53 Å². The second-order valence-electron chi connectivity index (χ2n) is 3.45. The molecule has 0 aliphatic rings. The van der Waals surface area contributed by atoms with E-state index >= 15 is 0 Å². The van der Waals surface area contributed by atoms with E-state index in [9.17, 15) is 4.79 Å². The van der Waals surface area contributed by atoms with Gasteiger partial charge >= 0.3 is 6.09 Å². The maximum atomic E-state index is 11.2. The SMILES string of the molecule is CCOC(=O)Nc1nc2ccc(C)cc2[nH]1.